The number of hydrogen-bond donors (Lipinski definition) is 1. The quantitative estimate of drug-likeness (QED) is 0.570. The van der Waals surface area contributed by atoms with Gasteiger partial charge in [-0.15, -0.1) is 0 Å². The highest BCUT2D eigenvalue weighted by atomic mass is 32.2. The van der Waals surface area contributed by atoms with Gasteiger partial charge in [-0.1, -0.05) is 26.7 Å². The summed E-state index contributed by atoms with van der Waals surface area (Å²) in [4.78, 5) is 0. The third-order valence-corrected chi connectivity index (χ3v) is 3.95. The van der Waals surface area contributed by atoms with Crippen LogP contribution >= 0.6 is 10.9 Å². The van der Waals surface area contributed by atoms with Gasteiger partial charge in [0.2, 0.25) is 0 Å². The average Bonchev–Trinajstić information content (AvgIpc) is 1.97. The molecule has 0 fully saturated rings. The molecule has 0 aromatic carbocycles. The monoisotopic (exact) mass is 162 g/mol. The van der Waals surface area contributed by atoms with E-state index in [9.17, 15) is 0 Å². The van der Waals surface area contributed by atoms with E-state index in [0.717, 1.165) is 0 Å². The lowest BCUT2D eigenvalue weighted by atomic mass is 10.4. The average molecular weight is 162 g/mol. The van der Waals surface area contributed by atoms with Crippen LogP contribution in [0, 0.1) is 0 Å². The van der Waals surface area contributed by atoms with Crippen molar-refractivity contribution in [3.63, 3.8) is 0 Å². The van der Waals surface area contributed by atoms with Crippen molar-refractivity contribution in [2.75, 3.05) is 17.8 Å². The predicted molar refractivity (Wildman–Crippen MR) is 54.5 cm³/mol. The molecule has 0 heterocycles. The van der Waals surface area contributed by atoms with Crippen molar-refractivity contribution in [2.24, 2.45) is 0 Å². The highest BCUT2D eigenvalue weighted by Crippen LogP contribution is 2.22. The van der Waals surface area contributed by atoms with Crippen molar-refractivity contribution in [1.82, 2.24) is 0 Å². The van der Waals surface area contributed by atoms with Crippen molar-refractivity contribution in [3.8, 4) is 0 Å². The molecule has 0 aliphatic heterocycles. The molecule has 0 aliphatic rings. The Hall–Kier alpha value is 0.350. The molecule has 0 unspecified atom stereocenters. The minimum Gasteiger partial charge on any atom is -0.256 e. The third-order valence-electron chi connectivity index (χ3n) is 1.79. The van der Waals surface area contributed by atoms with Crippen LogP contribution in [0.5, 0.6) is 0 Å². The fourth-order valence-electron chi connectivity index (χ4n) is 0.968. The van der Waals surface area contributed by atoms with E-state index >= 15 is 0 Å². The highest BCUT2D eigenvalue weighted by molar-refractivity contribution is 8.16. The van der Waals surface area contributed by atoms with Crippen molar-refractivity contribution in [1.29, 1.82) is 0 Å². The van der Waals surface area contributed by atoms with Gasteiger partial charge < -0.3 is 0 Å². The lowest BCUT2D eigenvalue weighted by molar-refractivity contribution is 0.875. The first-order valence-corrected chi connectivity index (χ1v) is 6.65. The minimum atomic E-state index is 0.408. The molecule has 0 nitrogen and oxygen atoms in total. The van der Waals surface area contributed by atoms with Gasteiger partial charge in [0.05, 0.1) is 0 Å². The van der Waals surface area contributed by atoms with Gasteiger partial charge in [0.15, 0.2) is 0 Å². The Kier molecular flexibility index (Phi) is 7.72. The number of rotatable bonds is 6. The predicted octanol–water partition coefficient (Wildman–Crippen LogP) is 3.22. The standard InChI is InChI=1S/C9H22S/c1-4-6-8-10(3)9-7-5-2/h10H,4-9H2,1-3H3. The second-order valence-electron chi connectivity index (χ2n) is 3.01. The second-order valence-corrected chi connectivity index (χ2v) is 5.62. The molecular weight excluding hydrogens is 140 g/mol. The fraction of sp³-hybridized carbons (Fsp3) is 1.00. The van der Waals surface area contributed by atoms with Crippen LogP contribution in [0.25, 0.3) is 0 Å². The van der Waals surface area contributed by atoms with Crippen LogP contribution in [0.3, 0.4) is 0 Å². The van der Waals surface area contributed by atoms with Crippen molar-refractivity contribution in [2.45, 2.75) is 39.5 Å². The molecule has 0 saturated heterocycles. The molecule has 0 N–H and O–H groups in total. The molecular formula is C9H22S. The minimum absolute atomic E-state index is 0.408. The summed E-state index contributed by atoms with van der Waals surface area (Å²) in [5.74, 6) is 3.01. The van der Waals surface area contributed by atoms with Gasteiger partial charge in [-0.3, -0.25) is 10.9 Å². The smallest absolute Gasteiger partial charge is 0.0255 e. The van der Waals surface area contributed by atoms with E-state index in [2.05, 4.69) is 20.1 Å². The van der Waals surface area contributed by atoms with E-state index in [-0.39, 0.29) is 0 Å². The van der Waals surface area contributed by atoms with E-state index in [1.807, 2.05) is 0 Å². The molecule has 0 aromatic rings. The zero-order valence-corrected chi connectivity index (χ0v) is 8.58. The maximum Gasteiger partial charge on any atom is -0.0255 e. The van der Waals surface area contributed by atoms with Crippen LogP contribution in [-0.2, 0) is 0 Å². The first kappa shape index (κ1) is 10.3. The van der Waals surface area contributed by atoms with Crippen LogP contribution in [0.4, 0.5) is 0 Å². The molecule has 0 radical (unpaired) electrons. The van der Waals surface area contributed by atoms with Gasteiger partial charge in [0, 0.05) is 0 Å². The molecule has 0 saturated carbocycles. The molecule has 0 bridgehead atoms. The SMILES string of the molecule is CCCC[SH](C)CCCC. The van der Waals surface area contributed by atoms with Crippen molar-refractivity contribution >= 4 is 10.9 Å². The normalized spacial score (nSPS) is 11.7. The maximum absolute atomic E-state index is 2.45. The van der Waals surface area contributed by atoms with Crippen molar-refractivity contribution < 1.29 is 0 Å². The second kappa shape index (κ2) is 7.46. The van der Waals surface area contributed by atoms with E-state index < -0.39 is 0 Å². The summed E-state index contributed by atoms with van der Waals surface area (Å²) in [5.41, 5.74) is 0. The molecule has 0 aliphatic carbocycles. The summed E-state index contributed by atoms with van der Waals surface area (Å²) >= 11 is 0. The van der Waals surface area contributed by atoms with Gasteiger partial charge in [0.25, 0.3) is 0 Å². The van der Waals surface area contributed by atoms with Crippen LogP contribution < -0.4 is 0 Å². The Labute approximate surface area is 68.7 Å². The van der Waals surface area contributed by atoms with Gasteiger partial charge >= 0.3 is 0 Å². The Morgan fingerprint density at radius 1 is 0.900 bits per heavy atom. The number of hydrogen-bond acceptors (Lipinski definition) is 0. The first-order chi connectivity index (χ1) is 4.81. The largest absolute Gasteiger partial charge is 0.256 e. The molecule has 0 spiro atoms. The fourth-order valence-corrected chi connectivity index (χ4v) is 2.90. The van der Waals surface area contributed by atoms with E-state index in [1.165, 1.54) is 37.2 Å². The van der Waals surface area contributed by atoms with Crippen molar-refractivity contribution in [3.05, 3.63) is 0 Å². The van der Waals surface area contributed by atoms with Gasteiger partial charge in [0.1, 0.15) is 0 Å². The van der Waals surface area contributed by atoms with Crippen LogP contribution in [0.15, 0.2) is 0 Å². The zero-order valence-electron chi connectivity index (χ0n) is 7.69. The van der Waals surface area contributed by atoms with Gasteiger partial charge in [-0.2, -0.15) is 0 Å². The Morgan fingerprint density at radius 2 is 1.30 bits per heavy atom. The number of unbranched alkanes of at least 4 members (excludes halogenated alkanes) is 2. The van der Waals surface area contributed by atoms with Gasteiger partial charge in [-0.25, -0.2) is 0 Å². The third kappa shape index (κ3) is 6.47. The van der Waals surface area contributed by atoms with E-state index in [4.69, 9.17) is 0 Å². The summed E-state index contributed by atoms with van der Waals surface area (Å²) < 4.78 is 0. The topological polar surface area (TPSA) is 0 Å². The molecule has 64 valence electrons. The lowest BCUT2D eigenvalue weighted by Crippen LogP contribution is -1.91. The highest BCUT2D eigenvalue weighted by Gasteiger charge is 1.94. The lowest BCUT2D eigenvalue weighted by Gasteiger charge is -2.13. The Bertz CT molecular complexity index is 53.7. The summed E-state index contributed by atoms with van der Waals surface area (Å²) in [5, 5.41) is 0. The van der Waals surface area contributed by atoms with Gasteiger partial charge in [-0.05, 0) is 30.6 Å². The van der Waals surface area contributed by atoms with Crippen LogP contribution in [0.1, 0.15) is 39.5 Å². The van der Waals surface area contributed by atoms with Crippen LogP contribution in [-0.4, -0.2) is 17.8 Å². The Morgan fingerprint density at radius 3 is 1.60 bits per heavy atom. The molecule has 10 heavy (non-hydrogen) atoms. The first-order valence-electron chi connectivity index (χ1n) is 4.49. The molecule has 0 amide bonds. The number of thiol groups is 1. The summed E-state index contributed by atoms with van der Waals surface area (Å²) in [7, 11) is 0.408. The molecule has 1 heteroatoms. The van der Waals surface area contributed by atoms with E-state index in [1.54, 1.807) is 0 Å². The maximum atomic E-state index is 2.45. The summed E-state index contributed by atoms with van der Waals surface area (Å²) in [6, 6.07) is 0. The molecule has 0 aromatic heterocycles. The van der Waals surface area contributed by atoms with Crippen LogP contribution in [0.2, 0.25) is 0 Å². The summed E-state index contributed by atoms with van der Waals surface area (Å²) in [6.07, 6.45) is 8.09. The Balaban J connectivity index is 3.00. The van der Waals surface area contributed by atoms with E-state index in [0.29, 0.717) is 10.9 Å². The zero-order chi connectivity index (χ0) is 7.82. The molecule has 0 atom stereocenters. The summed E-state index contributed by atoms with van der Waals surface area (Å²) in [6.45, 7) is 4.56. The molecule has 0 rings (SSSR count).